The third-order valence-corrected chi connectivity index (χ3v) is 3.67. The second-order valence-electron chi connectivity index (χ2n) is 3.28. The van der Waals surface area contributed by atoms with Crippen molar-refractivity contribution in [2.75, 3.05) is 12.9 Å². The van der Waals surface area contributed by atoms with Gasteiger partial charge in [0.05, 0.1) is 7.11 Å². The second-order valence-corrected chi connectivity index (χ2v) is 4.42. The van der Waals surface area contributed by atoms with Crippen LogP contribution >= 0.6 is 11.8 Å². The molecule has 0 aromatic heterocycles. The maximum atomic E-state index is 11.7. The van der Waals surface area contributed by atoms with Gasteiger partial charge in [-0.05, 0) is 6.08 Å². The van der Waals surface area contributed by atoms with E-state index in [1.807, 2.05) is 0 Å². The molecule has 2 amide bonds. The number of carbonyl (C=O) groups excluding carboxylic acids is 3. The van der Waals surface area contributed by atoms with Gasteiger partial charge in [0, 0.05) is 5.75 Å². The summed E-state index contributed by atoms with van der Waals surface area (Å²) in [5.74, 6) is -0.181. The van der Waals surface area contributed by atoms with Crippen molar-refractivity contribution in [1.29, 1.82) is 0 Å². The zero-order valence-corrected chi connectivity index (χ0v) is 9.32. The van der Waals surface area contributed by atoms with Crippen molar-refractivity contribution in [3.63, 3.8) is 0 Å². The van der Waals surface area contributed by atoms with E-state index in [2.05, 4.69) is 10.1 Å². The lowest BCUT2D eigenvalue weighted by molar-refractivity contribution is -0.150. The molecule has 0 bridgehead atoms. The quantitative estimate of drug-likeness (QED) is 0.393. The highest BCUT2D eigenvalue weighted by atomic mass is 32.2. The van der Waals surface area contributed by atoms with Crippen LogP contribution in [0.4, 0.5) is 0 Å². The molecule has 0 aliphatic carbocycles. The Morgan fingerprint density at radius 2 is 2.50 bits per heavy atom. The van der Waals surface area contributed by atoms with Gasteiger partial charge in [0.25, 0.3) is 5.91 Å². The van der Waals surface area contributed by atoms with Crippen molar-refractivity contribution in [3.8, 4) is 0 Å². The molecule has 0 saturated carbocycles. The number of hydrogen-bond acceptors (Lipinski definition) is 5. The molecule has 0 aromatic rings. The van der Waals surface area contributed by atoms with Crippen molar-refractivity contribution < 1.29 is 19.1 Å². The average Bonchev–Trinajstić information content (AvgIpc) is 2.33. The maximum absolute atomic E-state index is 11.7. The molecule has 7 heteroatoms. The highest BCUT2D eigenvalue weighted by molar-refractivity contribution is 8.00. The van der Waals surface area contributed by atoms with E-state index in [0.717, 1.165) is 0 Å². The van der Waals surface area contributed by atoms with Gasteiger partial charge in [0.15, 0.2) is 0 Å². The Labute approximate surface area is 96.0 Å². The number of β-lactam (4-membered cyclic amide) rings is 1. The molecule has 86 valence electrons. The van der Waals surface area contributed by atoms with Crippen molar-refractivity contribution in [2.24, 2.45) is 0 Å². The summed E-state index contributed by atoms with van der Waals surface area (Å²) in [5, 5.41) is 2.24. The van der Waals surface area contributed by atoms with Gasteiger partial charge in [-0.25, -0.2) is 4.79 Å². The third-order valence-electron chi connectivity index (χ3n) is 2.49. The van der Waals surface area contributed by atoms with E-state index in [1.54, 1.807) is 6.08 Å². The summed E-state index contributed by atoms with van der Waals surface area (Å²) < 4.78 is 4.59. The van der Waals surface area contributed by atoms with E-state index in [0.29, 0.717) is 12.2 Å². The van der Waals surface area contributed by atoms with Crippen LogP contribution in [0.2, 0.25) is 0 Å². The first-order chi connectivity index (χ1) is 7.70. The summed E-state index contributed by atoms with van der Waals surface area (Å²) in [6.45, 7) is 0. The molecular formula is C9H10N2O4S. The van der Waals surface area contributed by atoms with Crippen LogP contribution in [0.25, 0.3) is 0 Å². The fraction of sp³-hybridized carbons (Fsp3) is 0.444. The summed E-state index contributed by atoms with van der Waals surface area (Å²) in [6, 6.07) is -0.532. The zero-order chi connectivity index (χ0) is 11.7. The first-order valence-electron chi connectivity index (χ1n) is 4.63. The number of fused-ring (bicyclic) bond motifs is 1. The predicted octanol–water partition coefficient (Wildman–Crippen LogP) is -0.927. The summed E-state index contributed by atoms with van der Waals surface area (Å²) in [4.78, 5) is 34.7. The lowest BCUT2D eigenvalue weighted by Gasteiger charge is -2.47. The van der Waals surface area contributed by atoms with E-state index >= 15 is 0 Å². The molecule has 2 aliphatic heterocycles. The molecule has 0 spiro atoms. The lowest BCUT2D eigenvalue weighted by Crippen LogP contribution is -2.69. The predicted molar refractivity (Wildman–Crippen MR) is 56.2 cm³/mol. The topological polar surface area (TPSA) is 75.7 Å². The highest BCUT2D eigenvalue weighted by Gasteiger charge is 2.52. The van der Waals surface area contributed by atoms with Crippen LogP contribution < -0.4 is 5.32 Å². The number of esters is 1. The first-order valence-corrected chi connectivity index (χ1v) is 5.68. The van der Waals surface area contributed by atoms with Gasteiger partial charge in [-0.3, -0.25) is 14.5 Å². The monoisotopic (exact) mass is 242 g/mol. The fourth-order valence-corrected chi connectivity index (χ4v) is 2.93. The molecule has 16 heavy (non-hydrogen) atoms. The molecule has 2 aliphatic rings. The average molecular weight is 242 g/mol. The van der Waals surface area contributed by atoms with Gasteiger partial charge in [0.1, 0.15) is 17.1 Å². The second kappa shape index (κ2) is 4.17. The van der Waals surface area contributed by atoms with Crippen LogP contribution in [-0.2, 0) is 19.1 Å². The zero-order valence-electron chi connectivity index (χ0n) is 8.50. The fourth-order valence-electron chi connectivity index (χ4n) is 1.73. The van der Waals surface area contributed by atoms with E-state index in [9.17, 15) is 14.4 Å². The highest BCUT2D eigenvalue weighted by Crippen LogP contribution is 2.37. The number of nitrogens with zero attached hydrogens (tertiary/aromatic N) is 1. The molecule has 0 unspecified atom stereocenters. The van der Waals surface area contributed by atoms with Gasteiger partial charge in [-0.1, -0.05) is 0 Å². The first kappa shape index (κ1) is 11.0. The van der Waals surface area contributed by atoms with Gasteiger partial charge >= 0.3 is 5.97 Å². The van der Waals surface area contributed by atoms with E-state index < -0.39 is 12.0 Å². The number of methoxy groups -OCH3 is 1. The summed E-state index contributed by atoms with van der Waals surface area (Å²) in [5.41, 5.74) is 0.264. The van der Waals surface area contributed by atoms with Crippen molar-refractivity contribution in [3.05, 3.63) is 11.8 Å². The number of ether oxygens (including phenoxy) is 1. The molecular weight excluding hydrogens is 232 g/mol. The standard InChI is InChI=1S/C9H10N2O4S/c1-15-9(14)5-2-3-16-8-6(10-4-12)7(13)11(5)8/h2,4,6,8H,3H2,1H3,(H,10,12)/t6-,8+/m0/s1. The maximum Gasteiger partial charge on any atom is 0.354 e. The Hall–Kier alpha value is -1.50. The Kier molecular flexibility index (Phi) is 2.86. The molecule has 6 nitrogen and oxygen atoms in total. The molecule has 2 heterocycles. The number of rotatable bonds is 3. The summed E-state index contributed by atoms with van der Waals surface area (Å²) in [6.07, 6.45) is 2.15. The van der Waals surface area contributed by atoms with Gasteiger partial charge in [0.2, 0.25) is 6.41 Å². The smallest absolute Gasteiger partial charge is 0.354 e. The lowest BCUT2D eigenvalue weighted by atomic mass is 10.1. The van der Waals surface area contributed by atoms with Crippen molar-refractivity contribution >= 4 is 30.0 Å². The molecule has 1 fully saturated rings. The number of nitrogens with one attached hydrogen (secondary N) is 1. The van der Waals surface area contributed by atoms with Crippen molar-refractivity contribution in [1.82, 2.24) is 10.2 Å². The number of amides is 2. The molecule has 1 saturated heterocycles. The van der Waals surface area contributed by atoms with Crippen molar-refractivity contribution in [2.45, 2.75) is 11.4 Å². The molecule has 2 rings (SSSR count). The minimum atomic E-state index is -0.532. The molecule has 1 N–H and O–H groups in total. The van der Waals surface area contributed by atoms with Gasteiger partial charge in [-0.2, -0.15) is 0 Å². The van der Waals surface area contributed by atoms with E-state index in [4.69, 9.17) is 0 Å². The molecule has 2 atom stereocenters. The van der Waals surface area contributed by atoms with Crippen LogP contribution in [0.3, 0.4) is 0 Å². The van der Waals surface area contributed by atoms with Crippen LogP contribution in [0.5, 0.6) is 0 Å². The summed E-state index contributed by atoms with van der Waals surface area (Å²) in [7, 11) is 1.27. The summed E-state index contributed by atoms with van der Waals surface area (Å²) >= 11 is 1.50. The third kappa shape index (κ3) is 1.47. The number of hydrogen-bond donors (Lipinski definition) is 1. The van der Waals surface area contributed by atoms with Crippen LogP contribution in [0.1, 0.15) is 0 Å². The Bertz CT molecular complexity index is 382. The van der Waals surface area contributed by atoms with Gasteiger partial charge < -0.3 is 10.1 Å². The number of carbonyl (C=O) groups is 3. The molecule has 0 aromatic carbocycles. The van der Waals surface area contributed by atoms with E-state index in [1.165, 1.54) is 23.8 Å². The van der Waals surface area contributed by atoms with Crippen LogP contribution in [-0.4, -0.2) is 47.5 Å². The largest absolute Gasteiger partial charge is 0.464 e. The normalized spacial score (nSPS) is 27.4. The van der Waals surface area contributed by atoms with Crippen LogP contribution in [0, 0.1) is 0 Å². The van der Waals surface area contributed by atoms with Crippen LogP contribution in [0.15, 0.2) is 11.8 Å². The minimum absolute atomic E-state index is 0.197. The molecule has 0 radical (unpaired) electrons. The Morgan fingerprint density at radius 1 is 1.75 bits per heavy atom. The minimum Gasteiger partial charge on any atom is -0.464 e. The van der Waals surface area contributed by atoms with Gasteiger partial charge in [-0.15, -0.1) is 11.8 Å². The SMILES string of the molecule is COC(=O)C1=CCS[C@@H]2[C@@H](NC=O)C(=O)N12. The van der Waals surface area contributed by atoms with E-state index in [-0.39, 0.29) is 17.0 Å². The number of thioether (sulfide) groups is 1. The Morgan fingerprint density at radius 3 is 3.12 bits per heavy atom. The Balaban J connectivity index is 2.17.